The lowest BCUT2D eigenvalue weighted by Crippen LogP contribution is -2.51. The molecule has 1 atom stereocenters. The molecule has 0 aromatic heterocycles. The normalized spacial score (nSPS) is 11.7. The first-order chi connectivity index (χ1) is 17.3. The summed E-state index contributed by atoms with van der Waals surface area (Å²) in [4.78, 5) is 28.6. The summed E-state index contributed by atoms with van der Waals surface area (Å²) in [6, 6.07) is 24.3. The first kappa shape index (κ1) is 27.3. The molecule has 6 heteroatoms. The predicted octanol–water partition coefficient (Wildman–Crippen LogP) is 5.97. The summed E-state index contributed by atoms with van der Waals surface area (Å²) >= 11 is 6.45. The summed E-state index contributed by atoms with van der Waals surface area (Å²) in [6.45, 7) is 6.52. The van der Waals surface area contributed by atoms with Crippen LogP contribution in [0.3, 0.4) is 0 Å². The van der Waals surface area contributed by atoms with Crippen LogP contribution in [0.2, 0.25) is 5.02 Å². The van der Waals surface area contributed by atoms with Crippen LogP contribution in [0.25, 0.3) is 0 Å². The molecule has 0 spiro atoms. The van der Waals surface area contributed by atoms with Gasteiger partial charge in [0.1, 0.15) is 11.8 Å². The lowest BCUT2D eigenvalue weighted by Gasteiger charge is -2.32. The zero-order valence-electron chi connectivity index (χ0n) is 21.2. The van der Waals surface area contributed by atoms with Crippen LogP contribution >= 0.6 is 11.6 Å². The van der Waals surface area contributed by atoms with Gasteiger partial charge in [0.15, 0.2) is 0 Å². The molecule has 3 aromatic carbocycles. The van der Waals surface area contributed by atoms with Crippen LogP contribution in [0.5, 0.6) is 5.75 Å². The number of nitrogens with one attached hydrogen (secondary N) is 1. The molecule has 0 heterocycles. The molecule has 0 radical (unpaired) electrons. The van der Waals surface area contributed by atoms with Crippen LogP contribution in [-0.2, 0) is 22.6 Å². The van der Waals surface area contributed by atoms with Gasteiger partial charge < -0.3 is 15.0 Å². The van der Waals surface area contributed by atoms with E-state index in [1.165, 1.54) is 0 Å². The number of aryl methyl sites for hydroxylation is 1. The Balaban J connectivity index is 1.79. The quantitative estimate of drug-likeness (QED) is 0.308. The second kappa shape index (κ2) is 13.7. The minimum Gasteiger partial charge on any atom is -0.494 e. The number of carbonyl (C=O) groups is 2. The van der Waals surface area contributed by atoms with Crippen LogP contribution in [-0.4, -0.2) is 35.4 Å². The molecule has 0 aliphatic heterocycles. The molecule has 0 unspecified atom stereocenters. The van der Waals surface area contributed by atoms with Crippen LogP contribution in [0.1, 0.15) is 43.4 Å². The molecule has 36 heavy (non-hydrogen) atoms. The average molecular weight is 507 g/mol. The fraction of sp³-hybridized carbons (Fsp3) is 0.333. The number of halogens is 1. The van der Waals surface area contributed by atoms with Crippen molar-refractivity contribution in [3.63, 3.8) is 0 Å². The SMILES string of the molecule is Cc1ccc(OCCCC(=O)N(Cc2ccccc2Cl)[C@H](Cc2ccccc2)C(=O)NC(C)C)cc1. The lowest BCUT2D eigenvalue weighted by atomic mass is 10.0. The molecule has 1 N–H and O–H groups in total. The maximum Gasteiger partial charge on any atom is 0.243 e. The van der Waals surface area contributed by atoms with Crippen molar-refractivity contribution >= 4 is 23.4 Å². The van der Waals surface area contributed by atoms with Crippen molar-refractivity contribution in [3.05, 3.63) is 101 Å². The summed E-state index contributed by atoms with van der Waals surface area (Å²) in [6.07, 6.45) is 1.21. The maximum atomic E-state index is 13.6. The Hall–Kier alpha value is -3.31. The minimum atomic E-state index is -0.670. The Labute approximate surface area is 219 Å². The minimum absolute atomic E-state index is 0.0454. The van der Waals surface area contributed by atoms with Crippen molar-refractivity contribution < 1.29 is 14.3 Å². The Morgan fingerprint density at radius 3 is 2.28 bits per heavy atom. The van der Waals surface area contributed by atoms with Gasteiger partial charge in [0.2, 0.25) is 11.8 Å². The van der Waals surface area contributed by atoms with E-state index in [1.54, 1.807) is 11.0 Å². The van der Waals surface area contributed by atoms with Gasteiger partial charge in [-0.3, -0.25) is 9.59 Å². The Morgan fingerprint density at radius 2 is 1.61 bits per heavy atom. The Kier molecular flexibility index (Phi) is 10.4. The van der Waals surface area contributed by atoms with Gasteiger partial charge in [-0.1, -0.05) is 77.8 Å². The first-order valence-electron chi connectivity index (χ1n) is 12.4. The number of nitrogens with zero attached hydrogens (tertiary/aromatic N) is 1. The second-order valence-electron chi connectivity index (χ2n) is 9.25. The maximum absolute atomic E-state index is 13.6. The van der Waals surface area contributed by atoms with Crippen LogP contribution < -0.4 is 10.1 Å². The fourth-order valence-corrected chi connectivity index (χ4v) is 4.13. The standard InChI is InChI=1S/C30H35ClN2O3/c1-22(2)32-30(35)28(20-24-10-5-4-6-11-24)33(21-25-12-7-8-13-27(25)31)29(34)14-9-19-36-26-17-15-23(3)16-18-26/h4-8,10-13,15-18,22,28H,9,14,19-21H2,1-3H3,(H,32,35)/t28-/m1/s1. The molecular formula is C30H35ClN2O3. The van der Waals surface area contributed by atoms with Crippen LogP contribution in [0.15, 0.2) is 78.9 Å². The number of carbonyl (C=O) groups excluding carboxylic acids is 2. The van der Waals surface area contributed by atoms with Crippen molar-refractivity contribution in [3.8, 4) is 5.75 Å². The average Bonchev–Trinajstić information content (AvgIpc) is 2.86. The van der Waals surface area contributed by atoms with E-state index in [9.17, 15) is 9.59 Å². The molecule has 0 bridgehead atoms. The molecule has 2 amide bonds. The van der Waals surface area contributed by atoms with Crippen molar-refractivity contribution in [1.29, 1.82) is 0 Å². The molecule has 0 fully saturated rings. The summed E-state index contributed by atoms with van der Waals surface area (Å²) in [5.74, 6) is 0.492. The topological polar surface area (TPSA) is 58.6 Å². The van der Waals surface area contributed by atoms with E-state index in [0.29, 0.717) is 24.5 Å². The van der Waals surface area contributed by atoms with Gasteiger partial charge in [-0.2, -0.15) is 0 Å². The van der Waals surface area contributed by atoms with Crippen molar-refractivity contribution in [2.45, 2.75) is 58.7 Å². The second-order valence-corrected chi connectivity index (χ2v) is 9.65. The highest BCUT2D eigenvalue weighted by atomic mass is 35.5. The number of amides is 2. The number of benzene rings is 3. The van der Waals surface area contributed by atoms with Crippen LogP contribution in [0, 0.1) is 6.92 Å². The Morgan fingerprint density at radius 1 is 0.944 bits per heavy atom. The highest BCUT2D eigenvalue weighted by molar-refractivity contribution is 6.31. The van der Waals surface area contributed by atoms with Gasteiger partial charge in [0.25, 0.3) is 0 Å². The summed E-state index contributed by atoms with van der Waals surface area (Å²) in [5.41, 5.74) is 2.96. The van der Waals surface area contributed by atoms with E-state index in [0.717, 1.165) is 22.4 Å². The van der Waals surface area contributed by atoms with E-state index in [-0.39, 0.29) is 30.8 Å². The van der Waals surface area contributed by atoms with Gasteiger partial charge in [-0.05, 0) is 56.5 Å². The zero-order chi connectivity index (χ0) is 25.9. The lowest BCUT2D eigenvalue weighted by molar-refractivity contribution is -0.141. The number of hydrogen-bond acceptors (Lipinski definition) is 3. The molecule has 0 aliphatic carbocycles. The van der Waals surface area contributed by atoms with Crippen LogP contribution in [0.4, 0.5) is 0 Å². The third kappa shape index (κ3) is 8.42. The molecule has 190 valence electrons. The fourth-order valence-electron chi connectivity index (χ4n) is 3.94. The molecule has 0 aliphatic rings. The number of hydrogen-bond donors (Lipinski definition) is 1. The third-order valence-corrected chi connectivity index (χ3v) is 6.19. The predicted molar refractivity (Wildman–Crippen MR) is 145 cm³/mol. The van der Waals surface area contributed by atoms with Gasteiger partial charge >= 0.3 is 0 Å². The molecule has 0 saturated carbocycles. The smallest absolute Gasteiger partial charge is 0.243 e. The monoisotopic (exact) mass is 506 g/mol. The van der Waals surface area contributed by atoms with Gasteiger partial charge in [0, 0.05) is 30.5 Å². The molecule has 0 saturated heterocycles. The van der Waals surface area contributed by atoms with E-state index in [2.05, 4.69) is 5.32 Å². The molecule has 5 nitrogen and oxygen atoms in total. The van der Waals surface area contributed by atoms with E-state index in [1.807, 2.05) is 93.6 Å². The number of rotatable bonds is 12. The van der Waals surface area contributed by atoms with Crippen molar-refractivity contribution in [2.75, 3.05) is 6.61 Å². The van der Waals surface area contributed by atoms with Gasteiger partial charge in [-0.25, -0.2) is 0 Å². The number of ether oxygens (including phenoxy) is 1. The van der Waals surface area contributed by atoms with Crippen molar-refractivity contribution in [1.82, 2.24) is 10.2 Å². The highest BCUT2D eigenvalue weighted by Gasteiger charge is 2.30. The van der Waals surface area contributed by atoms with Gasteiger partial charge in [-0.15, -0.1) is 0 Å². The molecular weight excluding hydrogens is 472 g/mol. The van der Waals surface area contributed by atoms with E-state index >= 15 is 0 Å². The largest absolute Gasteiger partial charge is 0.494 e. The molecule has 3 rings (SSSR count). The molecule has 3 aromatic rings. The first-order valence-corrected chi connectivity index (χ1v) is 12.8. The van der Waals surface area contributed by atoms with Crippen molar-refractivity contribution in [2.24, 2.45) is 0 Å². The van der Waals surface area contributed by atoms with E-state index < -0.39 is 6.04 Å². The van der Waals surface area contributed by atoms with E-state index in [4.69, 9.17) is 16.3 Å². The zero-order valence-corrected chi connectivity index (χ0v) is 22.0. The Bertz CT molecular complexity index is 1120. The highest BCUT2D eigenvalue weighted by Crippen LogP contribution is 2.21. The third-order valence-electron chi connectivity index (χ3n) is 5.83. The summed E-state index contributed by atoms with van der Waals surface area (Å²) < 4.78 is 5.81. The van der Waals surface area contributed by atoms with Gasteiger partial charge in [0.05, 0.1) is 6.61 Å². The summed E-state index contributed by atoms with van der Waals surface area (Å²) in [7, 11) is 0. The summed E-state index contributed by atoms with van der Waals surface area (Å²) in [5, 5.41) is 3.57.